The summed E-state index contributed by atoms with van der Waals surface area (Å²) >= 11 is 0. The van der Waals surface area contributed by atoms with Crippen LogP contribution in [0.1, 0.15) is 33.1 Å². The Kier molecular flexibility index (Phi) is 2.74. The van der Waals surface area contributed by atoms with E-state index in [1.54, 1.807) is 0 Å². The molecule has 0 aromatic rings. The van der Waals surface area contributed by atoms with Crippen molar-refractivity contribution in [2.45, 2.75) is 45.2 Å². The highest BCUT2D eigenvalue weighted by molar-refractivity contribution is 5.78. The van der Waals surface area contributed by atoms with Gasteiger partial charge in [-0.05, 0) is 33.1 Å². The van der Waals surface area contributed by atoms with Crippen molar-refractivity contribution in [3.8, 4) is 0 Å². The molecule has 0 aromatic carbocycles. The van der Waals surface area contributed by atoms with E-state index in [1.807, 2.05) is 0 Å². The first-order valence-electron chi connectivity index (χ1n) is 4.28. The number of nitrogens with one attached hydrogen (secondary N) is 1. The van der Waals surface area contributed by atoms with Crippen molar-refractivity contribution in [2.75, 3.05) is 0 Å². The van der Waals surface area contributed by atoms with Crippen LogP contribution in [0.4, 0.5) is 0 Å². The minimum Gasteiger partial charge on any atom is -0.370 e. The van der Waals surface area contributed by atoms with Crippen LogP contribution in [0, 0.1) is 0 Å². The Bertz CT molecular complexity index is 147. The third-order valence-electron chi connectivity index (χ3n) is 1.83. The van der Waals surface area contributed by atoms with Gasteiger partial charge in [0.05, 0.1) is 6.04 Å². The van der Waals surface area contributed by atoms with Crippen molar-refractivity contribution in [3.05, 3.63) is 0 Å². The lowest BCUT2D eigenvalue weighted by Gasteiger charge is -2.22. The molecule has 1 rings (SSSR count). The van der Waals surface area contributed by atoms with Crippen molar-refractivity contribution in [1.82, 2.24) is 5.32 Å². The van der Waals surface area contributed by atoms with E-state index >= 15 is 0 Å². The zero-order valence-electron chi connectivity index (χ0n) is 7.30. The van der Waals surface area contributed by atoms with Crippen LogP contribution in [-0.2, 0) is 0 Å². The van der Waals surface area contributed by atoms with Crippen LogP contribution >= 0.6 is 0 Å². The molecule has 0 aromatic heterocycles. The van der Waals surface area contributed by atoms with Gasteiger partial charge in [0.2, 0.25) is 0 Å². The van der Waals surface area contributed by atoms with Crippen molar-refractivity contribution in [2.24, 2.45) is 10.7 Å². The maximum Gasteiger partial charge on any atom is 0.189 e. The van der Waals surface area contributed by atoms with Gasteiger partial charge in [0.15, 0.2) is 5.96 Å². The fraction of sp³-hybridized carbons (Fsp3) is 0.875. The molecule has 0 amide bonds. The number of nitrogens with zero attached hydrogens (tertiary/aromatic N) is 1. The van der Waals surface area contributed by atoms with Gasteiger partial charge in [0.25, 0.3) is 0 Å². The van der Waals surface area contributed by atoms with E-state index < -0.39 is 0 Å². The molecule has 1 aliphatic carbocycles. The molecule has 64 valence electrons. The third kappa shape index (κ3) is 2.78. The molecular weight excluding hydrogens is 138 g/mol. The first-order valence-corrected chi connectivity index (χ1v) is 4.28. The van der Waals surface area contributed by atoms with Gasteiger partial charge in [0.1, 0.15) is 0 Å². The number of hydrogen-bond donors (Lipinski definition) is 2. The lowest BCUT2D eigenvalue weighted by atomic mass is 9.94. The number of rotatable bonds is 2. The van der Waals surface area contributed by atoms with Gasteiger partial charge in [-0.3, -0.25) is 4.99 Å². The van der Waals surface area contributed by atoms with Crippen LogP contribution in [0.5, 0.6) is 0 Å². The van der Waals surface area contributed by atoms with Crippen molar-refractivity contribution >= 4 is 5.96 Å². The zero-order valence-corrected chi connectivity index (χ0v) is 7.30. The van der Waals surface area contributed by atoms with Gasteiger partial charge in [-0.1, -0.05) is 0 Å². The second-order valence-corrected chi connectivity index (χ2v) is 3.40. The Hall–Kier alpha value is -0.730. The first kappa shape index (κ1) is 8.37. The average Bonchev–Trinajstić information content (AvgIpc) is 1.77. The molecule has 3 heteroatoms. The fourth-order valence-electron chi connectivity index (χ4n) is 1.05. The first-order chi connectivity index (χ1) is 5.18. The predicted molar refractivity (Wildman–Crippen MR) is 47.5 cm³/mol. The lowest BCUT2D eigenvalue weighted by Crippen LogP contribution is -2.38. The second kappa shape index (κ2) is 3.60. The third-order valence-corrected chi connectivity index (χ3v) is 1.83. The maximum atomic E-state index is 5.62. The van der Waals surface area contributed by atoms with E-state index in [9.17, 15) is 0 Å². The van der Waals surface area contributed by atoms with E-state index in [4.69, 9.17) is 5.73 Å². The molecule has 1 fully saturated rings. The normalized spacial score (nSPS) is 20.1. The summed E-state index contributed by atoms with van der Waals surface area (Å²) in [7, 11) is 0. The van der Waals surface area contributed by atoms with E-state index in [2.05, 4.69) is 24.2 Å². The van der Waals surface area contributed by atoms with E-state index in [0.717, 1.165) is 0 Å². The molecule has 0 spiro atoms. The predicted octanol–water partition coefficient (Wildman–Crippen LogP) is 0.852. The average molecular weight is 155 g/mol. The molecule has 1 aliphatic rings. The molecule has 0 heterocycles. The van der Waals surface area contributed by atoms with Crippen molar-refractivity contribution in [1.29, 1.82) is 0 Å². The molecule has 1 saturated carbocycles. The molecule has 0 saturated heterocycles. The smallest absolute Gasteiger partial charge is 0.189 e. The van der Waals surface area contributed by atoms with Gasteiger partial charge < -0.3 is 11.1 Å². The molecule has 0 aliphatic heterocycles. The van der Waals surface area contributed by atoms with Gasteiger partial charge in [-0.15, -0.1) is 0 Å². The minimum absolute atomic E-state index is 0.388. The summed E-state index contributed by atoms with van der Waals surface area (Å²) in [6.45, 7) is 4.12. The maximum absolute atomic E-state index is 5.62. The molecule has 0 unspecified atom stereocenters. The lowest BCUT2D eigenvalue weighted by molar-refractivity contribution is 0.418. The Morgan fingerprint density at radius 1 is 1.55 bits per heavy atom. The van der Waals surface area contributed by atoms with Crippen LogP contribution in [0.15, 0.2) is 4.99 Å². The van der Waals surface area contributed by atoms with Gasteiger partial charge in [0, 0.05) is 6.04 Å². The van der Waals surface area contributed by atoms with Crippen LogP contribution in [-0.4, -0.2) is 18.0 Å². The Balaban J connectivity index is 2.26. The van der Waals surface area contributed by atoms with E-state index in [-0.39, 0.29) is 0 Å². The quantitative estimate of drug-likeness (QED) is 0.459. The highest BCUT2D eigenvalue weighted by Gasteiger charge is 2.16. The largest absolute Gasteiger partial charge is 0.370 e. The van der Waals surface area contributed by atoms with Gasteiger partial charge >= 0.3 is 0 Å². The highest BCUT2D eigenvalue weighted by Crippen LogP contribution is 2.21. The summed E-state index contributed by atoms with van der Waals surface area (Å²) in [4.78, 5) is 4.31. The van der Waals surface area contributed by atoms with Crippen LogP contribution in [0.25, 0.3) is 0 Å². The summed E-state index contributed by atoms with van der Waals surface area (Å²) in [5.74, 6) is 0.602. The van der Waals surface area contributed by atoms with Crippen LogP contribution in [0.2, 0.25) is 0 Å². The number of hydrogen-bond acceptors (Lipinski definition) is 1. The Morgan fingerprint density at radius 3 is 2.55 bits per heavy atom. The van der Waals surface area contributed by atoms with Crippen LogP contribution < -0.4 is 11.1 Å². The van der Waals surface area contributed by atoms with Crippen molar-refractivity contribution < 1.29 is 0 Å². The monoisotopic (exact) mass is 155 g/mol. The highest BCUT2D eigenvalue weighted by atomic mass is 15.1. The Labute approximate surface area is 68.1 Å². The number of guanidine groups is 1. The molecule has 3 N–H and O–H groups in total. The zero-order chi connectivity index (χ0) is 8.27. The van der Waals surface area contributed by atoms with Gasteiger partial charge in [-0.2, -0.15) is 0 Å². The van der Waals surface area contributed by atoms with Crippen molar-refractivity contribution in [3.63, 3.8) is 0 Å². The van der Waals surface area contributed by atoms with Gasteiger partial charge in [-0.25, -0.2) is 0 Å². The summed E-state index contributed by atoms with van der Waals surface area (Å²) < 4.78 is 0. The van der Waals surface area contributed by atoms with E-state index in [1.165, 1.54) is 19.3 Å². The molecule has 0 bridgehead atoms. The second-order valence-electron chi connectivity index (χ2n) is 3.40. The number of nitrogens with two attached hydrogens (primary N) is 1. The van der Waals surface area contributed by atoms with E-state index in [0.29, 0.717) is 18.0 Å². The molecule has 0 radical (unpaired) electrons. The summed E-state index contributed by atoms with van der Waals surface area (Å²) in [5, 5.41) is 3.07. The molecule has 3 nitrogen and oxygen atoms in total. The summed E-state index contributed by atoms with van der Waals surface area (Å²) in [6, 6.07) is 0.889. The number of aliphatic imine (C=N–C) groups is 1. The topological polar surface area (TPSA) is 50.4 Å². The molecule has 11 heavy (non-hydrogen) atoms. The summed E-state index contributed by atoms with van der Waals surface area (Å²) in [6.07, 6.45) is 3.73. The Morgan fingerprint density at radius 2 is 2.18 bits per heavy atom. The molecule has 0 atom stereocenters. The minimum atomic E-state index is 0.388. The fourth-order valence-corrected chi connectivity index (χ4v) is 1.05. The standard InChI is InChI=1S/C8H17N3/c1-6(2)10-8(9)11-7-4-3-5-7/h6-7H,3-5H2,1-2H3,(H3,9,10,11). The SMILES string of the molecule is CC(C)NC(N)=NC1CCC1. The van der Waals surface area contributed by atoms with Crippen LogP contribution in [0.3, 0.4) is 0 Å². The summed E-state index contributed by atoms with van der Waals surface area (Å²) in [5.41, 5.74) is 5.62. The molecular formula is C8H17N3.